The fourth-order valence-corrected chi connectivity index (χ4v) is 2.31. The quantitative estimate of drug-likeness (QED) is 0.868. The predicted octanol–water partition coefficient (Wildman–Crippen LogP) is 4.48. The molecular formula is C18H29NO2. The molecule has 1 rings (SSSR count). The second-order valence-electron chi connectivity index (χ2n) is 6.79. The first-order valence-electron chi connectivity index (χ1n) is 7.76. The number of carbonyl (C=O) groups is 1. The number of nitrogens with one attached hydrogen (secondary N) is 1. The van der Waals surface area contributed by atoms with Crippen molar-refractivity contribution in [2.75, 3.05) is 0 Å². The predicted molar refractivity (Wildman–Crippen MR) is 87.5 cm³/mol. The molecule has 0 radical (unpaired) electrons. The number of carbonyl (C=O) groups excluding carboxylic acids is 1. The minimum Gasteiger partial charge on any atom is -0.444 e. The zero-order chi connectivity index (χ0) is 16.0. The Labute approximate surface area is 129 Å². The fourth-order valence-electron chi connectivity index (χ4n) is 2.31. The van der Waals surface area contributed by atoms with E-state index >= 15 is 0 Å². The summed E-state index contributed by atoms with van der Waals surface area (Å²) in [5, 5.41) is 2.96. The van der Waals surface area contributed by atoms with Crippen molar-refractivity contribution < 1.29 is 9.53 Å². The molecular weight excluding hydrogens is 262 g/mol. The second-order valence-corrected chi connectivity index (χ2v) is 6.79. The third kappa shape index (κ3) is 6.65. The van der Waals surface area contributed by atoms with Crippen LogP contribution in [0, 0.1) is 12.8 Å². The molecule has 1 aromatic rings. The van der Waals surface area contributed by atoms with Crippen molar-refractivity contribution in [3.05, 3.63) is 35.4 Å². The summed E-state index contributed by atoms with van der Waals surface area (Å²) in [6.45, 7) is 11.9. The van der Waals surface area contributed by atoms with Gasteiger partial charge in [0.1, 0.15) is 5.60 Å². The van der Waals surface area contributed by atoms with Crippen LogP contribution in [0.5, 0.6) is 0 Å². The first kappa shape index (κ1) is 17.5. The van der Waals surface area contributed by atoms with Gasteiger partial charge in [-0.1, -0.05) is 43.2 Å². The van der Waals surface area contributed by atoms with E-state index in [0.29, 0.717) is 5.92 Å². The highest BCUT2D eigenvalue weighted by Crippen LogP contribution is 2.17. The lowest BCUT2D eigenvalue weighted by Crippen LogP contribution is -2.41. The molecule has 2 unspecified atom stereocenters. The van der Waals surface area contributed by atoms with Crippen molar-refractivity contribution in [3.8, 4) is 0 Å². The number of rotatable bonds is 5. The summed E-state index contributed by atoms with van der Waals surface area (Å²) < 4.78 is 5.32. The van der Waals surface area contributed by atoms with Gasteiger partial charge >= 0.3 is 6.09 Å². The Kier molecular flexibility index (Phi) is 6.25. The number of hydrogen-bond acceptors (Lipinski definition) is 2. The van der Waals surface area contributed by atoms with Crippen LogP contribution in [0.1, 0.15) is 52.2 Å². The second kappa shape index (κ2) is 7.48. The van der Waals surface area contributed by atoms with Gasteiger partial charge in [-0.2, -0.15) is 0 Å². The molecule has 1 N–H and O–H groups in total. The average molecular weight is 291 g/mol. The number of amides is 1. The Hall–Kier alpha value is -1.51. The highest BCUT2D eigenvalue weighted by atomic mass is 16.6. The van der Waals surface area contributed by atoms with E-state index in [0.717, 1.165) is 12.8 Å². The van der Waals surface area contributed by atoms with E-state index in [2.05, 4.69) is 43.4 Å². The summed E-state index contributed by atoms with van der Waals surface area (Å²) in [6.07, 6.45) is 1.65. The van der Waals surface area contributed by atoms with Gasteiger partial charge in [0.2, 0.25) is 0 Å². The summed E-state index contributed by atoms with van der Waals surface area (Å²) in [5.41, 5.74) is 2.12. The van der Waals surface area contributed by atoms with Gasteiger partial charge in [-0.15, -0.1) is 0 Å². The first-order valence-corrected chi connectivity index (χ1v) is 7.76. The molecule has 21 heavy (non-hydrogen) atoms. The van der Waals surface area contributed by atoms with Crippen LogP contribution in [0.15, 0.2) is 24.3 Å². The summed E-state index contributed by atoms with van der Waals surface area (Å²) in [4.78, 5) is 11.9. The van der Waals surface area contributed by atoms with Crippen molar-refractivity contribution in [1.29, 1.82) is 0 Å². The van der Waals surface area contributed by atoms with Crippen molar-refractivity contribution in [3.63, 3.8) is 0 Å². The highest BCUT2D eigenvalue weighted by molar-refractivity contribution is 5.68. The average Bonchev–Trinajstić information content (AvgIpc) is 2.35. The van der Waals surface area contributed by atoms with E-state index in [-0.39, 0.29) is 12.1 Å². The molecule has 0 spiro atoms. The van der Waals surface area contributed by atoms with Crippen LogP contribution in [0.4, 0.5) is 4.79 Å². The van der Waals surface area contributed by atoms with Gasteiger partial charge in [0.15, 0.2) is 0 Å². The Morgan fingerprint density at radius 1 is 1.24 bits per heavy atom. The van der Waals surface area contributed by atoms with E-state index < -0.39 is 5.60 Å². The molecule has 0 aromatic heterocycles. The van der Waals surface area contributed by atoms with Crippen LogP contribution >= 0.6 is 0 Å². The molecule has 0 aliphatic heterocycles. The van der Waals surface area contributed by atoms with E-state index in [1.165, 1.54) is 11.1 Å². The maximum Gasteiger partial charge on any atom is 0.407 e. The van der Waals surface area contributed by atoms with Crippen LogP contribution < -0.4 is 5.32 Å². The van der Waals surface area contributed by atoms with Gasteiger partial charge in [-0.25, -0.2) is 4.79 Å². The summed E-state index contributed by atoms with van der Waals surface area (Å²) >= 11 is 0. The standard InChI is InChI=1S/C18H29NO2/c1-7-16(12-15-10-8-13(2)9-11-15)14(3)19-17(20)21-18(4,5)6/h8-11,14,16H,7,12H2,1-6H3,(H,19,20). The molecule has 0 aliphatic rings. The number of aryl methyl sites for hydroxylation is 1. The summed E-state index contributed by atoms with van der Waals surface area (Å²) in [5.74, 6) is 0.403. The van der Waals surface area contributed by atoms with Crippen molar-refractivity contribution >= 4 is 6.09 Å². The Morgan fingerprint density at radius 2 is 1.81 bits per heavy atom. The van der Waals surface area contributed by atoms with E-state index in [1.807, 2.05) is 27.7 Å². The molecule has 0 saturated heterocycles. The third-order valence-corrected chi connectivity index (χ3v) is 3.59. The molecule has 0 saturated carbocycles. The van der Waals surface area contributed by atoms with Crippen molar-refractivity contribution in [1.82, 2.24) is 5.32 Å². The molecule has 2 atom stereocenters. The van der Waals surface area contributed by atoms with Crippen LogP contribution in [-0.2, 0) is 11.2 Å². The number of hydrogen-bond donors (Lipinski definition) is 1. The molecule has 0 bridgehead atoms. The van der Waals surface area contributed by atoms with Gasteiger partial charge in [0.25, 0.3) is 0 Å². The molecule has 0 aliphatic carbocycles. The van der Waals surface area contributed by atoms with Crippen LogP contribution in [0.2, 0.25) is 0 Å². The number of benzene rings is 1. The minimum atomic E-state index is -0.456. The molecule has 3 heteroatoms. The molecule has 1 aromatic carbocycles. The Balaban J connectivity index is 2.58. The maximum absolute atomic E-state index is 11.9. The minimum absolute atomic E-state index is 0.0890. The Morgan fingerprint density at radius 3 is 2.29 bits per heavy atom. The van der Waals surface area contributed by atoms with E-state index in [4.69, 9.17) is 4.74 Å². The molecule has 0 fully saturated rings. The zero-order valence-corrected chi connectivity index (χ0v) is 14.2. The summed E-state index contributed by atoms with van der Waals surface area (Å²) in [7, 11) is 0. The van der Waals surface area contributed by atoms with Gasteiger partial charge in [0, 0.05) is 6.04 Å². The van der Waals surface area contributed by atoms with E-state index in [1.54, 1.807) is 0 Å². The van der Waals surface area contributed by atoms with Gasteiger partial charge in [-0.3, -0.25) is 0 Å². The third-order valence-electron chi connectivity index (χ3n) is 3.59. The molecule has 0 heterocycles. The SMILES string of the molecule is CCC(Cc1ccc(C)cc1)C(C)NC(=O)OC(C)(C)C. The highest BCUT2D eigenvalue weighted by Gasteiger charge is 2.22. The Bertz CT molecular complexity index is 445. The molecule has 3 nitrogen and oxygen atoms in total. The smallest absolute Gasteiger partial charge is 0.407 e. The van der Waals surface area contributed by atoms with Gasteiger partial charge in [0.05, 0.1) is 0 Å². The maximum atomic E-state index is 11.9. The van der Waals surface area contributed by atoms with Crippen LogP contribution in [-0.4, -0.2) is 17.7 Å². The number of ether oxygens (including phenoxy) is 1. The fraction of sp³-hybridized carbons (Fsp3) is 0.611. The van der Waals surface area contributed by atoms with Gasteiger partial charge < -0.3 is 10.1 Å². The van der Waals surface area contributed by atoms with Gasteiger partial charge in [-0.05, 0) is 52.5 Å². The van der Waals surface area contributed by atoms with Crippen molar-refractivity contribution in [2.24, 2.45) is 5.92 Å². The topological polar surface area (TPSA) is 38.3 Å². The van der Waals surface area contributed by atoms with E-state index in [9.17, 15) is 4.79 Å². The number of alkyl carbamates (subject to hydrolysis) is 1. The first-order chi connectivity index (χ1) is 9.71. The lowest BCUT2D eigenvalue weighted by molar-refractivity contribution is 0.0491. The summed E-state index contributed by atoms with van der Waals surface area (Å²) in [6, 6.07) is 8.68. The lowest BCUT2D eigenvalue weighted by Gasteiger charge is -2.26. The van der Waals surface area contributed by atoms with Crippen LogP contribution in [0.3, 0.4) is 0 Å². The molecule has 118 valence electrons. The lowest BCUT2D eigenvalue weighted by atomic mass is 9.90. The largest absolute Gasteiger partial charge is 0.444 e. The molecule has 1 amide bonds. The normalized spacial score (nSPS) is 14.4. The van der Waals surface area contributed by atoms with Crippen molar-refractivity contribution in [2.45, 2.75) is 66.0 Å². The monoisotopic (exact) mass is 291 g/mol. The van der Waals surface area contributed by atoms with Crippen LogP contribution in [0.25, 0.3) is 0 Å². The zero-order valence-electron chi connectivity index (χ0n) is 14.2.